The molecule has 20 heavy (non-hydrogen) atoms. The van der Waals surface area contributed by atoms with Crippen LogP contribution in [0, 0.1) is 0 Å². The van der Waals surface area contributed by atoms with Crippen LogP contribution in [0.4, 0.5) is 0 Å². The van der Waals surface area contributed by atoms with Crippen molar-refractivity contribution in [1.82, 2.24) is 4.57 Å². The number of phenolic OH excluding ortho intramolecular Hbond substituents is 2. The number of aromatic hydroxyl groups is 4. The van der Waals surface area contributed by atoms with Crippen LogP contribution in [0.5, 0.6) is 23.3 Å². The van der Waals surface area contributed by atoms with E-state index >= 15 is 0 Å². The van der Waals surface area contributed by atoms with E-state index in [-0.39, 0.29) is 36.2 Å². The van der Waals surface area contributed by atoms with E-state index in [0.717, 1.165) is 4.57 Å². The van der Waals surface area contributed by atoms with Crippen LogP contribution >= 0.6 is 0 Å². The Labute approximate surface area is 114 Å². The van der Waals surface area contributed by atoms with Crippen molar-refractivity contribution < 1.29 is 25.2 Å². The minimum Gasteiger partial charge on any atom is -0.508 e. The summed E-state index contributed by atoms with van der Waals surface area (Å²) in [6, 6.07) is 5.34. The Morgan fingerprint density at radius 1 is 1.10 bits per heavy atom. The lowest BCUT2D eigenvalue weighted by Crippen LogP contribution is -2.18. The summed E-state index contributed by atoms with van der Waals surface area (Å²) in [7, 11) is 0. The molecule has 2 rings (SSSR count). The fourth-order valence-electron chi connectivity index (χ4n) is 1.93. The van der Waals surface area contributed by atoms with E-state index in [1.807, 2.05) is 0 Å². The molecule has 0 aliphatic carbocycles. The highest BCUT2D eigenvalue weighted by molar-refractivity contribution is 5.74. The number of benzene rings is 1. The van der Waals surface area contributed by atoms with Crippen molar-refractivity contribution in [3.63, 3.8) is 0 Å². The van der Waals surface area contributed by atoms with E-state index in [9.17, 15) is 25.2 Å². The quantitative estimate of drug-likeness (QED) is 0.552. The molecule has 0 aliphatic heterocycles. The average Bonchev–Trinajstić information content (AvgIpc) is 2.60. The standard InChI is InChI=1S/C13H14N2O5/c14-11(18)6-15-12(19)4-8(13(15)20)3-7-1-2-9(16)5-10(7)17/h1-2,4-5,16-17,19-20H,3,6H2,(H2,14,18). The molecule has 6 N–H and O–H groups in total. The molecule has 0 bridgehead atoms. The number of rotatable bonds is 4. The molecular weight excluding hydrogens is 264 g/mol. The zero-order chi connectivity index (χ0) is 14.9. The molecule has 0 atom stereocenters. The summed E-state index contributed by atoms with van der Waals surface area (Å²) < 4.78 is 0.967. The summed E-state index contributed by atoms with van der Waals surface area (Å²) in [5, 5.41) is 38.5. The van der Waals surface area contributed by atoms with Gasteiger partial charge in [0.25, 0.3) is 0 Å². The summed E-state index contributed by atoms with van der Waals surface area (Å²) in [6.45, 7) is -0.348. The van der Waals surface area contributed by atoms with Gasteiger partial charge >= 0.3 is 0 Å². The number of hydrogen-bond acceptors (Lipinski definition) is 5. The number of nitrogens with zero attached hydrogens (tertiary/aromatic N) is 1. The number of nitrogens with two attached hydrogens (primary N) is 1. The first-order valence-corrected chi connectivity index (χ1v) is 5.78. The van der Waals surface area contributed by atoms with Gasteiger partial charge in [-0.05, 0) is 11.6 Å². The van der Waals surface area contributed by atoms with E-state index in [0.29, 0.717) is 11.1 Å². The van der Waals surface area contributed by atoms with E-state index < -0.39 is 5.91 Å². The Kier molecular flexibility index (Phi) is 3.43. The fraction of sp³-hybridized carbons (Fsp3) is 0.154. The Morgan fingerprint density at radius 3 is 2.40 bits per heavy atom. The minimum atomic E-state index is -0.703. The van der Waals surface area contributed by atoms with Crippen molar-refractivity contribution in [3.8, 4) is 23.3 Å². The van der Waals surface area contributed by atoms with Crippen molar-refractivity contribution in [2.45, 2.75) is 13.0 Å². The Balaban J connectivity index is 2.32. The van der Waals surface area contributed by atoms with Gasteiger partial charge in [-0.25, -0.2) is 0 Å². The third-order valence-electron chi connectivity index (χ3n) is 2.89. The maximum Gasteiger partial charge on any atom is 0.237 e. The number of hydrogen-bond donors (Lipinski definition) is 5. The maximum atomic E-state index is 10.8. The first-order valence-electron chi connectivity index (χ1n) is 5.78. The van der Waals surface area contributed by atoms with Crippen LogP contribution in [0.25, 0.3) is 0 Å². The predicted molar refractivity (Wildman–Crippen MR) is 69.5 cm³/mol. The fourth-order valence-corrected chi connectivity index (χ4v) is 1.93. The molecule has 1 amide bonds. The highest BCUT2D eigenvalue weighted by Crippen LogP contribution is 2.32. The molecule has 0 aliphatic rings. The van der Waals surface area contributed by atoms with Gasteiger partial charge in [0.05, 0.1) is 0 Å². The molecule has 7 nitrogen and oxygen atoms in total. The molecule has 1 heterocycles. The van der Waals surface area contributed by atoms with Gasteiger partial charge in [-0.3, -0.25) is 9.36 Å². The summed E-state index contributed by atoms with van der Waals surface area (Å²) in [4.78, 5) is 10.8. The van der Waals surface area contributed by atoms with Crippen molar-refractivity contribution in [3.05, 3.63) is 35.4 Å². The topological polar surface area (TPSA) is 129 Å². The summed E-state index contributed by atoms with van der Waals surface area (Å²) >= 11 is 0. The van der Waals surface area contributed by atoms with Crippen LogP contribution < -0.4 is 5.73 Å². The van der Waals surface area contributed by atoms with E-state index in [2.05, 4.69) is 0 Å². The molecule has 0 radical (unpaired) electrons. The largest absolute Gasteiger partial charge is 0.508 e. The molecule has 2 aromatic rings. The number of phenols is 2. The summed E-state index contributed by atoms with van der Waals surface area (Å²) in [6.07, 6.45) is 0.122. The molecule has 7 heteroatoms. The average molecular weight is 278 g/mol. The summed E-state index contributed by atoms with van der Waals surface area (Å²) in [5.74, 6) is -1.51. The number of aromatic nitrogens is 1. The highest BCUT2D eigenvalue weighted by atomic mass is 16.3. The van der Waals surface area contributed by atoms with Gasteiger partial charge in [-0.1, -0.05) is 6.07 Å². The van der Waals surface area contributed by atoms with Gasteiger partial charge in [0.15, 0.2) is 11.8 Å². The van der Waals surface area contributed by atoms with Gasteiger partial charge in [0, 0.05) is 24.1 Å². The van der Waals surface area contributed by atoms with Gasteiger partial charge < -0.3 is 26.2 Å². The van der Waals surface area contributed by atoms with Gasteiger partial charge in [0.2, 0.25) is 5.91 Å². The predicted octanol–water partition coefficient (Wildman–Crippen LogP) is 0.387. The monoisotopic (exact) mass is 278 g/mol. The van der Waals surface area contributed by atoms with Gasteiger partial charge in [-0.15, -0.1) is 0 Å². The molecule has 106 valence electrons. The smallest absolute Gasteiger partial charge is 0.237 e. The zero-order valence-electron chi connectivity index (χ0n) is 10.4. The van der Waals surface area contributed by atoms with E-state index in [1.165, 1.54) is 24.3 Å². The lowest BCUT2D eigenvalue weighted by atomic mass is 10.1. The lowest BCUT2D eigenvalue weighted by Gasteiger charge is -2.06. The van der Waals surface area contributed by atoms with E-state index in [1.54, 1.807) is 0 Å². The normalized spacial score (nSPS) is 10.6. The SMILES string of the molecule is NC(=O)Cn1c(O)cc(Cc2ccc(O)cc2O)c1O. The van der Waals surface area contributed by atoms with Crippen LogP contribution in [0.3, 0.4) is 0 Å². The Morgan fingerprint density at radius 2 is 1.80 bits per heavy atom. The summed E-state index contributed by atoms with van der Waals surface area (Å²) in [5.41, 5.74) is 5.79. The lowest BCUT2D eigenvalue weighted by molar-refractivity contribution is -0.118. The van der Waals surface area contributed by atoms with Gasteiger partial charge in [0.1, 0.15) is 18.0 Å². The zero-order valence-corrected chi connectivity index (χ0v) is 10.4. The van der Waals surface area contributed by atoms with Crippen molar-refractivity contribution in [2.24, 2.45) is 5.73 Å². The molecule has 0 fully saturated rings. The maximum absolute atomic E-state index is 10.8. The first-order chi connectivity index (χ1) is 9.38. The van der Waals surface area contributed by atoms with Crippen LogP contribution in [0.15, 0.2) is 24.3 Å². The number of carbonyl (C=O) groups excluding carboxylic acids is 1. The first kappa shape index (κ1) is 13.6. The third kappa shape index (κ3) is 2.61. The molecule has 0 saturated heterocycles. The second-order valence-corrected chi connectivity index (χ2v) is 4.39. The van der Waals surface area contributed by atoms with Crippen LogP contribution in [0.1, 0.15) is 11.1 Å². The molecule has 0 unspecified atom stereocenters. The number of carbonyl (C=O) groups is 1. The molecule has 1 aromatic carbocycles. The van der Waals surface area contributed by atoms with Crippen molar-refractivity contribution >= 4 is 5.91 Å². The van der Waals surface area contributed by atoms with Gasteiger partial charge in [-0.2, -0.15) is 0 Å². The third-order valence-corrected chi connectivity index (χ3v) is 2.89. The van der Waals surface area contributed by atoms with Crippen molar-refractivity contribution in [2.75, 3.05) is 0 Å². The van der Waals surface area contributed by atoms with Crippen molar-refractivity contribution in [1.29, 1.82) is 0 Å². The molecule has 0 spiro atoms. The molecule has 0 saturated carbocycles. The van der Waals surface area contributed by atoms with E-state index in [4.69, 9.17) is 5.73 Å². The number of primary amides is 1. The Hall–Kier alpha value is -2.83. The second-order valence-electron chi connectivity index (χ2n) is 4.39. The minimum absolute atomic E-state index is 0.0791. The molecular formula is C13H14N2O5. The van der Waals surface area contributed by atoms with Crippen LogP contribution in [0.2, 0.25) is 0 Å². The molecule has 1 aromatic heterocycles. The van der Waals surface area contributed by atoms with Crippen LogP contribution in [-0.2, 0) is 17.8 Å². The Bertz CT molecular complexity index is 663. The highest BCUT2D eigenvalue weighted by Gasteiger charge is 2.16. The number of amides is 1. The van der Waals surface area contributed by atoms with Crippen LogP contribution in [-0.4, -0.2) is 30.9 Å². The second kappa shape index (κ2) is 5.04.